The lowest BCUT2D eigenvalue weighted by atomic mass is 10.1. The van der Waals surface area contributed by atoms with E-state index >= 15 is 0 Å². The minimum absolute atomic E-state index is 0.0315. The van der Waals surface area contributed by atoms with Crippen molar-refractivity contribution in [3.8, 4) is 0 Å². The number of aromatic nitrogens is 2. The number of hydrogen-bond acceptors (Lipinski definition) is 3. The molecule has 3 aliphatic rings. The van der Waals surface area contributed by atoms with Gasteiger partial charge in [0, 0.05) is 18.2 Å². The van der Waals surface area contributed by atoms with Crippen molar-refractivity contribution in [1.29, 1.82) is 0 Å². The van der Waals surface area contributed by atoms with Crippen LogP contribution < -0.4 is 0 Å². The molecule has 2 saturated carbocycles. The van der Waals surface area contributed by atoms with Crippen molar-refractivity contribution < 1.29 is 18.3 Å². The molecular formula is C16H21F2N3O2. The monoisotopic (exact) mass is 325 g/mol. The van der Waals surface area contributed by atoms with E-state index in [2.05, 4.69) is 5.10 Å². The molecule has 5 nitrogen and oxygen atoms in total. The van der Waals surface area contributed by atoms with Crippen molar-refractivity contribution in [2.24, 2.45) is 0 Å². The third-order valence-electron chi connectivity index (χ3n) is 5.14. The number of halogens is 2. The number of morpholine rings is 1. The normalized spacial score (nSPS) is 27.5. The van der Waals surface area contributed by atoms with Crippen LogP contribution >= 0.6 is 0 Å². The fraction of sp³-hybridized carbons (Fsp3) is 0.750. The van der Waals surface area contributed by atoms with Gasteiger partial charge >= 0.3 is 0 Å². The predicted octanol–water partition coefficient (Wildman–Crippen LogP) is 2.48. The van der Waals surface area contributed by atoms with E-state index in [-0.39, 0.29) is 36.2 Å². The molecule has 0 spiro atoms. The van der Waals surface area contributed by atoms with Crippen LogP contribution in [0.15, 0.2) is 6.07 Å². The lowest BCUT2D eigenvalue weighted by Gasteiger charge is -2.37. The molecule has 2 heterocycles. The van der Waals surface area contributed by atoms with Gasteiger partial charge in [0.05, 0.1) is 18.8 Å². The van der Waals surface area contributed by atoms with Crippen LogP contribution in [0.25, 0.3) is 0 Å². The van der Waals surface area contributed by atoms with Gasteiger partial charge in [-0.25, -0.2) is 8.78 Å². The van der Waals surface area contributed by atoms with Crippen LogP contribution in [0, 0.1) is 0 Å². The zero-order valence-electron chi connectivity index (χ0n) is 13.0. The molecule has 4 rings (SSSR count). The van der Waals surface area contributed by atoms with Crippen LogP contribution in [-0.4, -0.2) is 45.9 Å². The van der Waals surface area contributed by atoms with Gasteiger partial charge in [0.25, 0.3) is 6.43 Å². The van der Waals surface area contributed by atoms with Gasteiger partial charge in [-0.15, -0.1) is 0 Å². The Balaban J connectivity index is 1.52. The van der Waals surface area contributed by atoms with E-state index in [9.17, 15) is 13.6 Å². The SMILES string of the molecule is O=C(Cn1nc(C(F)F)cc1C1CC1)N1CCO[C@@H]2CCC[C@@H]21. The molecule has 7 heteroatoms. The Bertz CT molecular complexity index is 600. The van der Waals surface area contributed by atoms with Gasteiger partial charge in [-0.05, 0) is 38.2 Å². The highest BCUT2D eigenvalue weighted by Crippen LogP contribution is 2.41. The van der Waals surface area contributed by atoms with Crippen LogP contribution in [0.1, 0.15) is 55.8 Å². The zero-order valence-corrected chi connectivity index (χ0v) is 13.0. The zero-order chi connectivity index (χ0) is 16.0. The van der Waals surface area contributed by atoms with Gasteiger partial charge in [-0.2, -0.15) is 5.10 Å². The summed E-state index contributed by atoms with van der Waals surface area (Å²) in [7, 11) is 0. The number of carbonyl (C=O) groups is 1. The number of rotatable bonds is 4. The van der Waals surface area contributed by atoms with E-state index < -0.39 is 6.43 Å². The minimum Gasteiger partial charge on any atom is -0.374 e. The van der Waals surface area contributed by atoms with Gasteiger partial charge in [0.1, 0.15) is 12.2 Å². The molecule has 1 saturated heterocycles. The molecule has 0 aromatic carbocycles. The number of nitrogens with zero attached hydrogens (tertiary/aromatic N) is 3. The van der Waals surface area contributed by atoms with Crippen LogP contribution in [-0.2, 0) is 16.1 Å². The molecule has 0 unspecified atom stereocenters. The summed E-state index contributed by atoms with van der Waals surface area (Å²) in [6.07, 6.45) is 2.57. The number of ether oxygens (including phenoxy) is 1. The van der Waals surface area contributed by atoms with Gasteiger partial charge < -0.3 is 9.64 Å². The highest BCUT2D eigenvalue weighted by atomic mass is 19.3. The van der Waals surface area contributed by atoms with Crippen molar-refractivity contribution >= 4 is 5.91 Å². The Morgan fingerprint density at radius 1 is 1.35 bits per heavy atom. The highest BCUT2D eigenvalue weighted by molar-refractivity contribution is 5.76. The van der Waals surface area contributed by atoms with Crippen molar-refractivity contribution in [2.75, 3.05) is 13.2 Å². The van der Waals surface area contributed by atoms with Crippen LogP contribution in [0.2, 0.25) is 0 Å². The Morgan fingerprint density at radius 3 is 2.91 bits per heavy atom. The van der Waals surface area contributed by atoms with Crippen molar-refractivity contribution in [2.45, 2.75) is 63.1 Å². The summed E-state index contributed by atoms with van der Waals surface area (Å²) in [5.41, 5.74) is 0.560. The maximum atomic E-state index is 12.9. The summed E-state index contributed by atoms with van der Waals surface area (Å²) in [4.78, 5) is 14.6. The lowest BCUT2D eigenvalue weighted by Crippen LogP contribution is -2.52. The van der Waals surface area contributed by atoms with Crippen LogP contribution in [0.5, 0.6) is 0 Å². The number of amides is 1. The summed E-state index contributed by atoms with van der Waals surface area (Å²) >= 11 is 0. The molecule has 2 aliphatic carbocycles. The smallest absolute Gasteiger partial charge is 0.282 e. The van der Waals surface area contributed by atoms with Gasteiger partial charge in [0.15, 0.2) is 0 Å². The summed E-state index contributed by atoms with van der Waals surface area (Å²) < 4.78 is 33.1. The minimum atomic E-state index is -2.59. The van der Waals surface area contributed by atoms with Crippen molar-refractivity contribution in [1.82, 2.24) is 14.7 Å². The molecular weight excluding hydrogens is 304 g/mol. The second-order valence-electron chi connectivity index (χ2n) is 6.72. The molecule has 2 atom stereocenters. The molecule has 1 amide bonds. The molecule has 0 radical (unpaired) electrons. The van der Waals surface area contributed by atoms with E-state index in [1.807, 2.05) is 4.90 Å². The van der Waals surface area contributed by atoms with Gasteiger partial charge in [-0.3, -0.25) is 9.48 Å². The molecule has 0 bridgehead atoms. The van der Waals surface area contributed by atoms with Crippen molar-refractivity contribution in [3.63, 3.8) is 0 Å². The second kappa shape index (κ2) is 5.85. The Morgan fingerprint density at radius 2 is 2.17 bits per heavy atom. The largest absolute Gasteiger partial charge is 0.374 e. The molecule has 0 N–H and O–H groups in total. The van der Waals surface area contributed by atoms with Gasteiger partial charge in [0.2, 0.25) is 5.91 Å². The highest BCUT2D eigenvalue weighted by Gasteiger charge is 2.39. The average Bonchev–Trinajstić information content (AvgIpc) is 3.10. The number of hydrogen-bond donors (Lipinski definition) is 0. The average molecular weight is 325 g/mol. The van der Waals surface area contributed by atoms with E-state index in [0.717, 1.165) is 37.8 Å². The first-order valence-corrected chi connectivity index (χ1v) is 8.40. The second-order valence-corrected chi connectivity index (χ2v) is 6.72. The number of carbonyl (C=O) groups excluding carboxylic acids is 1. The lowest BCUT2D eigenvalue weighted by molar-refractivity contribution is -0.144. The molecule has 1 aliphatic heterocycles. The molecule has 1 aromatic rings. The van der Waals surface area contributed by atoms with E-state index in [4.69, 9.17) is 4.74 Å². The number of alkyl halides is 2. The standard InChI is InChI=1S/C16H21F2N3O2/c17-16(18)11-8-13(10-4-5-10)21(19-11)9-15(22)20-6-7-23-14-3-1-2-12(14)20/h8,10,12,14,16H,1-7,9H2/t12-,14+/m0/s1. The Hall–Kier alpha value is -1.50. The Labute approximate surface area is 133 Å². The first-order valence-electron chi connectivity index (χ1n) is 8.40. The number of fused-ring (bicyclic) bond motifs is 1. The summed E-state index contributed by atoms with van der Waals surface area (Å²) in [5, 5.41) is 3.98. The fourth-order valence-electron chi connectivity index (χ4n) is 3.85. The third-order valence-corrected chi connectivity index (χ3v) is 5.14. The maximum Gasteiger partial charge on any atom is 0.282 e. The molecule has 3 fully saturated rings. The third kappa shape index (κ3) is 2.86. The maximum absolute atomic E-state index is 12.9. The molecule has 126 valence electrons. The first-order chi connectivity index (χ1) is 11.1. The van der Waals surface area contributed by atoms with E-state index in [1.54, 1.807) is 0 Å². The Kier molecular flexibility index (Phi) is 3.83. The molecule has 1 aromatic heterocycles. The topological polar surface area (TPSA) is 47.4 Å². The summed E-state index contributed by atoms with van der Waals surface area (Å²) in [6.45, 7) is 1.20. The van der Waals surface area contributed by atoms with Crippen LogP contribution in [0.4, 0.5) is 8.78 Å². The van der Waals surface area contributed by atoms with E-state index in [1.165, 1.54) is 10.7 Å². The van der Waals surface area contributed by atoms with E-state index in [0.29, 0.717) is 13.2 Å². The summed E-state index contributed by atoms with van der Waals surface area (Å²) in [5.74, 6) is 0.253. The quantitative estimate of drug-likeness (QED) is 0.854. The fourth-order valence-corrected chi connectivity index (χ4v) is 3.85. The first kappa shape index (κ1) is 15.1. The van der Waals surface area contributed by atoms with Crippen LogP contribution in [0.3, 0.4) is 0 Å². The summed E-state index contributed by atoms with van der Waals surface area (Å²) in [6, 6.07) is 1.61. The van der Waals surface area contributed by atoms with Crippen molar-refractivity contribution in [3.05, 3.63) is 17.5 Å². The molecule has 23 heavy (non-hydrogen) atoms. The predicted molar refractivity (Wildman–Crippen MR) is 78.3 cm³/mol. The van der Waals surface area contributed by atoms with Gasteiger partial charge in [-0.1, -0.05) is 0 Å².